The lowest BCUT2D eigenvalue weighted by molar-refractivity contribution is 0.0732. The summed E-state index contributed by atoms with van der Waals surface area (Å²) in [5.74, 6) is 1.31. The fourth-order valence-corrected chi connectivity index (χ4v) is 3.25. The molecule has 0 aliphatic carbocycles. The van der Waals surface area contributed by atoms with Gasteiger partial charge in [0.2, 0.25) is 0 Å². The van der Waals surface area contributed by atoms with E-state index in [0.29, 0.717) is 18.0 Å². The molecule has 2 aromatic carbocycles. The van der Waals surface area contributed by atoms with Crippen molar-refractivity contribution in [3.05, 3.63) is 59.7 Å². The number of hydrogen-bond donors (Lipinski definition) is 2. The summed E-state index contributed by atoms with van der Waals surface area (Å²) in [6.07, 6.45) is 0.649. The van der Waals surface area contributed by atoms with Crippen molar-refractivity contribution in [3.63, 3.8) is 0 Å². The van der Waals surface area contributed by atoms with Crippen molar-refractivity contribution in [3.8, 4) is 11.5 Å². The van der Waals surface area contributed by atoms with Crippen molar-refractivity contribution >= 4 is 0 Å². The number of nitrogens with zero attached hydrogens (tertiary/aromatic N) is 1. The molecule has 2 N–H and O–H groups in total. The van der Waals surface area contributed by atoms with Gasteiger partial charge in [-0.15, -0.1) is 0 Å². The molecular formula is C25H38N2O4. The van der Waals surface area contributed by atoms with E-state index in [1.807, 2.05) is 57.3 Å². The summed E-state index contributed by atoms with van der Waals surface area (Å²) < 4.78 is 16.9. The molecule has 0 spiro atoms. The molecule has 6 heteroatoms. The Hall–Kier alpha value is -2.12. The molecule has 0 aromatic heterocycles. The Bertz CT molecular complexity index is 740. The van der Waals surface area contributed by atoms with Crippen LogP contribution in [-0.2, 0) is 17.8 Å². The first-order chi connectivity index (χ1) is 15.0. The van der Waals surface area contributed by atoms with Gasteiger partial charge in [-0.2, -0.15) is 0 Å². The highest BCUT2D eigenvalue weighted by Crippen LogP contribution is 2.28. The van der Waals surface area contributed by atoms with Crippen LogP contribution in [0.1, 0.15) is 31.4 Å². The SMILES string of the molecule is COc1ccc(CNCCCOC(C)C)cc1OCC(O)CN(C)Cc1ccccc1. The minimum atomic E-state index is -0.596. The molecule has 0 aliphatic heterocycles. The van der Waals surface area contributed by atoms with Crippen molar-refractivity contribution in [1.82, 2.24) is 10.2 Å². The van der Waals surface area contributed by atoms with Crippen molar-refractivity contribution in [2.45, 2.75) is 45.6 Å². The second kappa shape index (κ2) is 14.0. The molecule has 0 fully saturated rings. The van der Waals surface area contributed by atoms with Crippen molar-refractivity contribution in [2.24, 2.45) is 0 Å². The van der Waals surface area contributed by atoms with Gasteiger partial charge in [0, 0.05) is 26.2 Å². The van der Waals surface area contributed by atoms with Crippen LogP contribution in [0.5, 0.6) is 11.5 Å². The zero-order valence-corrected chi connectivity index (χ0v) is 19.3. The van der Waals surface area contributed by atoms with Gasteiger partial charge in [0.15, 0.2) is 11.5 Å². The standard InChI is InChI=1S/C25H38N2O4/c1-20(2)30-14-8-13-26-16-22-11-12-24(29-4)25(15-22)31-19-23(28)18-27(3)17-21-9-6-5-7-10-21/h5-7,9-12,15,20,23,26,28H,8,13-14,16-19H2,1-4H3. The number of ether oxygens (including phenoxy) is 3. The van der Waals surface area contributed by atoms with E-state index in [0.717, 1.165) is 38.2 Å². The average molecular weight is 431 g/mol. The van der Waals surface area contributed by atoms with E-state index in [1.54, 1.807) is 7.11 Å². The van der Waals surface area contributed by atoms with Crippen LogP contribution in [0.3, 0.4) is 0 Å². The molecule has 1 atom stereocenters. The van der Waals surface area contributed by atoms with E-state index in [4.69, 9.17) is 14.2 Å². The molecule has 0 saturated heterocycles. The minimum absolute atomic E-state index is 0.207. The molecule has 2 aromatic rings. The normalized spacial score (nSPS) is 12.4. The van der Waals surface area contributed by atoms with Gasteiger partial charge in [0.1, 0.15) is 12.7 Å². The Labute approximate surface area is 187 Å². The number of aliphatic hydroxyl groups excluding tert-OH is 1. The molecule has 0 heterocycles. The summed E-state index contributed by atoms with van der Waals surface area (Å²) in [7, 11) is 3.62. The van der Waals surface area contributed by atoms with Gasteiger partial charge in [-0.05, 0) is 57.1 Å². The molecule has 0 radical (unpaired) electrons. The summed E-state index contributed by atoms with van der Waals surface area (Å²) in [6.45, 7) is 8.00. The lowest BCUT2D eigenvalue weighted by atomic mass is 10.2. The van der Waals surface area contributed by atoms with Crippen LogP contribution in [0, 0.1) is 0 Å². The summed E-state index contributed by atoms with van der Waals surface area (Å²) in [5.41, 5.74) is 2.33. The molecule has 0 aliphatic rings. The van der Waals surface area contributed by atoms with Crippen molar-refractivity contribution < 1.29 is 19.3 Å². The lowest BCUT2D eigenvalue weighted by Gasteiger charge is -2.21. The number of hydrogen-bond acceptors (Lipinski definition) is 6. The third kappa shape index (κ3) is 10.2. The van der Waals surface area contributed by atoms with Crippen molar-refractivity contribution in [2.75, 3.05) is 40.5 Å². The number of methoxy groups -OCH3 is 1. The van der Waals surface area contributed by atoms with Crippen LogP contribution in [0.4, 0.5) is 0 Å². The van der Waals surface area contributed by atoms with Gasteiger partial charge in [-0.25, -0.2) is 0 Å². The maximum absolute atomic E-state index is 10.4. The van der Waals surface area contributed by atoms with Crippen LogP contribution >= 0.6 is 0 Å². The van der Waals surface area contributed by atoms with Gasteiger partial charge in [-0.1, -0.05) is 36.4 Å². The highest BCUT2D eigenvalue weighted by Gasteiger charge is 2.12. The fourth-order valence-electron chi connectivity index (χ4n) is 3.25. The fraction of sp³-hybridized carbons (Fsp3) is 0.520. The topological polar surface area (TPSA) is 63.2 Å². The van der Waals surface area contributed by atoms with Gasteiger partial charge < -0.3 is 24.6 Å². The minimum Gasteiger partial charge on any atom is -0.493 e. The number of aliphatic hydroxyl groups is 1. The summed E-state index contributed by atoms with van der Waals surface area (Å²) in [6, 6.07) is 16.1. The van der Waals surface area contributed by atoms with Crippen LogP contribution < -0.4 is 14.8 Å². The predicted molar refractivity (Wildman–Crippen MR) is 125 cm³/mol. The van der Waals surface area contributed by atoms with E-state index >= 15 is 0 Å². The van der Waals surface area contributed by atoms with Crippen LogP contribution in [0.15, 0.2) is 48.5 Å². The monoisotopic (exact) mass is 430 g/mol. The first kappa shape index (κ1) is 25.1. The smallest absolute Gasteiger partial charge is 0.161 e. The third-order valence-electron chi connectivity index (χ3n) is 4.76. The Kier molecular flexibility index (Phi) is 11.4. The van der Waals surface area contributed by atoms with E-state index in [-0.39, 0.29) is 12.7 Å². The average Bonchev–Trinajstić information content (AvgIpc) is 2.75. The van der Waals surface area contributed by atoms with Crippen LogP contribution in [0.25, 0.3) is 0 Å². The number of nitrogens with one attached hydrogen (secondary N) is 1. The second-order valence-electron chi connectivity index (χ2n) is 8.08. The molecule has 0 saturated carbocycles. The van der Waals surface area contributed by atoms with Crippen molar-refractivity contribution in [1.29, 1.82) is 0 Å². The number of likely N-dealkylation sites (N-methyl/N-ethyl adjacent to an activating group) is 1. The van der Waals surface area contributed by atoms with Gasteiger partial charge in [0.05, 0.1) is 13.2 Å². The highest BCUT2D eigenvalue weighted by molar-refractivity contribution is 5.43. The zero-order valence-electron chi connectivity index (χ0n) is 19.3. The first-order valence-electron chi connectivity index (χ1n) is 11.0. The second-order valence-corrected chi connectivity index (χ2v) is 8.08. The Morgan fingerprint density at radius 2 is 1.81 bits per heavy atom. The molecule has 6 nitrogen and oxygen atoms in total. The Balaban J connectivity index is 1.78. The molecular weight excluding hydrogens is 392 g/mol. The molecule has 1 unspecified atom stereocenters. The summed E-state index contributed by atoms with van der Waals surface area (Å²) in [5, 5.41) is 13.8. The molecule has 172 valence electrons. The van der Waals surface area contributed by atoms with Crippen LogP contribution in [0.2, 0.25) is 0 Å². The molecule has 0 amide bonds. The Morgan fingerprint density at radius 1 is 1.03 bits per heavy atom. The quantitative estimate of drug-likeness (QED) is 0.422. The molecule has 31 heavy (non-hydrogen) atoms. The number of rotatable bonds is 15. The van der Waals surface area contributed by atoms with E-state index in [2.05, 4.69) is 22.3 Å². The largest absolute Gasteiger partial charge is 0.493 e. The summed E-state index contributed by atoms with van der Waals surface area (Å²) in [4.78, 5) is 2.09. The zero-order chi connectivity index (χ0) is 22.5. The molecule has 0 bridgehead atoms. The Morgan fingerprint density at radius 3 is 2.52 bits per heavy atom. The van der Waals surface area contributed by atoms with Gasteiger partial charge >= 0.3 is 0 Å². The van der Waals surface area contributed by atoms with Gasteiger partial charge in [0.25, 0.3) is 0 Å². The molecule has 2 rings (SSSR count). The maximum Gasteiger partial charge on any atom is 0.161 e. The van der Waals surface area contributed by atoms with E-state index in [1.165, 1.54) is 5.56 Å². The maximum atomic E-state index is 10.4. The van der Waals surface area contributed by atoms with E-state index in [9.17, 15) is 5.11 Å². The number of benzene rings is 2. The summed E-state index contributed by atoms with van der Waals surface area (Å²) >= 11 is 0. The van der Waals surface area contributed by atoms with Gasteiger partial charge in [-0.3, -0.25) is 4.90 Å². The highest BCUT2D eigenvalue weighted by atomic mass is 16.5. The third-order valence-corrected chi connectivity index (χ3v) is 4.76. The van der Waals surface area contributed by atoms with E-state index < -0.39 is 6.10 Å². The lowest BCUT2D eigenvalue weighted by Crippen LogP contribution is -2.32. The van der Waals surface area contributed by atoms with Crippen LogP contribution in [-0.4, -0.2) is 62.7 Å². The predicted octanol–water partition coefficient (Wildman–Crippen LogP) is 3.47. The first-order valence-corrected chi connectivity index (χ1v) is 11.0.